The van der Waals surface area contributed by atoms with Crippen LogP contribution >= 0.6 is 0 Å². The van der Waals surface area contributed by atoms with E-state index < -0.39 is 48.2 Å². The van der Waals surface area contributed by atoms with E-state index in [0.29, 0.717) is 22.6 Å². The monoisotopic (exact) mass is 460 g/mol. The Morgan fingerprint density at radius 3 is 2.21 bits per heavy atom. The van der Waals surface area contributed by atoms with Gasteiger partial charge < -0.3 is 18.1 Å². The molecule has 0 aliphatic carbocycles. The number of carbonyl (C=O) groups is 2. The van der Waals surface area contributed by atoms with Crippen molar-refractivity contribution >= 4 is 40.0 Å². The fraction of sp³-hybridized carbons (Fsp3) is 0.750. The fourth-order valence-electron chi connectivity index (χ4n) is 2.43. The number of alkyl halides is 3. The summed E-state index contributed by atoms with van der Waals surface area (Å²) in [6, 6.07) is 1.13. The average Bonchev–Trinajstić information content (AvgIpc) is 2.53. The van der Waals surface area contributed by atoms with Gasteiger partial charge in [-0.3, -0.25) is 0 Å². The van der Waals surface area contributed by atoms with Crippen LogP contribution in [0, 0.1) is 0 Å². The molecule has 0 bridgehead atoms. The lowest BCUT2D eigenvalue weighted by atomic mass is 10.2. The van der Waals surface area contributed by atoms with Crippen LogP contribution in [-0.4, -0.2) is 57.4 Å². The summed E-state index contributed by atoms with van der Waals surface area (Å²) in [7, 11) is -3.93. The Morgan fingerprint density at radius 2 is 1.82 bits per heavy atom. The maximum Gasteiger partial charge on any atom is 0.392 e. The van der Waals surface area contributed by atoms with Crippen molar-refractivity contribution in [3.63, 3.8) is 0 Å². The third kappa shape index (κ3) is 10.5. The normalized spacial score (nSPS) is 17.3. The summed E-state index contributed by atoms with van der Waals surface area (Å²) in [5, 5.41) is 8.44. The van der Waals surface area contributed by atoms with E-state index in [0.717, 1.165) is 6.04 Å². The predicted octanol–water partition coefficient (Wildman–Crippen LogP) is 2.81. The largest absolute Gasteiger partial charge is 0.478 e. The molecule has 0 radical (unpaired) electrons. The van der Waals surface area contributed by atoms with E-state index >= 15 is 0 Å². The first-order chi connectivity index (χ1) is 12.6. The number of hydrogen-bond donors (Lipinski definition) is 1. The van der Waals surface area contributed by atoms with E-state index in [1.807, 2.05) is 6.92 Å². The summed E-state index contributed by atoms with van der Waals surface area (Å²) in [6.45, 7) is 10.4. The van der Waals surface area contributed by atoms with Crippen LogP contribution in [0.25, 0.3) is 0 Å². The summed E-state index contributed by atoms with van der Waals surface area (Å²) in [5.74, 6) is -2.51. The van der Waals surface area contributed by atoms with Gasteiger partial charge in [0.25, 0.3) is 9.28 Å². The molecule has 28 heavy (non-hydrogen) atoms. The van der Waals surface area contributed by atoms with Gasteiger partial charge in [0.15, 0.2) is 8.32 Å². The van der Waals surface area contributed by atoms with Crippen LogP contribution in [0.1, 0.15) is 40.5 Å². The molecule has 3 atom stereocenters. The predicted molar refractivity (Wildman–Crippen MR) is 108 cm³/mol. The van der Waals surface area contributed by atoms with E-state index in [-0.39, 0.29) is 17.5 Å². The zero-order valence-corrected chi connectivity index (χ0v) is 21.4. The van der Waals surface area contributed by atoms with Gasteiger partial charge in [0, 0.05) is 12.2 Å². The number of carbonyl (C=O) groups excluding carboxylic acids is 1. The number of hydrogen-bond acceptors (Lipinski definition) is 5. The molecule has 0 spiro atoms. The second kappa shape index (κ2) is 11.3. The van der Waals surface area contributed by atoms with Gasteiger partial charge in [0.2, 0.25) is 0 Å². The average molecular weight is 461 g/mol. The number of aliphatic carboxylic acids is 1. The molecular formula is C16H31F3O6Si3. The Hall–Kier alpha value is -0.959. The summed E-state index contributed by atoms with van der Waals surface area (Å²) in [6.07, 6.45) is -6.16. The Bertz CT molecular complexity index is 551. The van der Waals surface area contributed by atoms with E-state index in [2.05, 4.69) is 27.3 Å². The molecule has 12 heteroatoms. The van der Waals surface area contributed by atoms with Crippen LogP contribution in [0.3, 0.4) is 0 Å². The zero-order chi connectivity index (χ0) is 22.2. The summed E-state index contributed by atoms with van der Waals surface area (Å²) < 4.78 is 55.2. The van der Waals surface area contributed by atoms with Gasteiger partial charge in [-0.15, -0.1) is 0 Å². The molecule has 0 amide bonds. The molecule has 6 nitrogen and oxygen atoms in total. The fourth-order valence-corrected chi connectivity index (χ4v) is 11.2. The van der Waals surface area contributed by atoms with E-state index in [4.69, 9.17) is 18.1 Å². The molecule has 0 fully saturated rings. The van der Waals surface area contributed by atoms with Crippen LogP contribution < -0.4 is 0 Å². The van der Waals surface area contributed by atoms with E-state index in [1.54, 1.807) is 0 Å². The standard InChI is InChI=1S/C16H31F3O6Si3/c1-6-28(5,15(2,3)4)25-27(24-26)10-9-12(11-16(17,18)19)23-14(22)8-7-13(20)21/h7-8,12,27H,6,9-11H2,1-5,26H3,(H,20,21). The smallest absolute Gasteiger partial charge is 0.392 e. The summed E-state index contributed by atoms with van der Waals surface area (Å²) >= 11 is 0. The molecule has 0 aromatic carbocycles. The van der Waals surface area contributed by atoms with Crippen LogP contribution in [-0.2, 0) is 22.6 Å². The van der Waals surface area contributed by atoms with Crippen molar-refractivity contribution < 1.29 is 40.8 Å². The van der Waals surface area contributed by atoms with Gasteiger partial charge in [-0.1, -0.05) is 27.7 Å². The first-order valence-corrected chi connectivity index (χ1v) is 14.2. The number of esters is 1. The van der Waals surface area contributed by atoms with E-state index in [9.17, 15) is 22.8 Å². The Labute approximate surface area is 170 Å². The third-order valence-corrected chi connectivity index (χ3v) is 15.3. The molecule has 0 saturated carbocycles. The topological polar surface area (TPSA) is 82.1 Å². The Balaban J connectivity index is 5.10. The molecule has 0 rings (SSSR count). The zero-order valence-electron chi connectivity index (χ0n) is 17.3. The Kier molecular flexibility index (Phi) is 10.9. The summed E-state index contributed by atoms with van der Waals surface area (Å²) in [5.41, 5.74) is 0. The van der Waals surface area contributed by atoms with Crippen molar-refractivity contribution in [3.05, 3.63) is 12.2 Å². The van der Waals surface area contributed by atoms with E-state index in [1.165, 1.54) is 0 Å². The minimum atomic E-state index is -4.51. The summed E-state index contributed by atoms with van der Waals surface area (Å²) in [4.78, 5) is 22.0. The number of rotatable bonds is 11. The van der Waals surface area contributed by atoms with Gasteiger partial charge in [0.05, 0.1) is 6.42 Å². The highest BCUT2D eigenvalue weighted by Gasteiger charge is 2.42. The molecule has 164 valence electrons. The highest BCUT2D eigenvalue weighted by atomic mass is 28.4. The number of halogens is 3. The lowest BCUT2D eigenvalue weighted by molar-refractivity contribution is -0.169. The maximum absolute atomic E-state index is 12.8. The molecule has 0 aliphatic heterocycles. The van der Waals surface area contributed by atoms with Crippen molar-refractivity contribution in [1.82, 2.24) is 0 Å². The maximum atomic E-state index is 12.8. The van der Waals surface area contributed by atoms with Crippen LogP contribution in [0.4, 0.5) is 13.2 Å². The number of ether oxygens (including phenoxy) is 1. The van der Waals surface area contributed by atoms with Gasteiger partial charge in [-0.25, -0.2) is 9.59 Å². The molecule has 1 N–H and O–H groups in total. The quantitative estimate of drug-likeness (QED) is 0.290. The van der Waals surface area contributed by atoms with Crippen molar-refractivity contribution in [3.8, 4) is 0 Å². The lowest BCUT2D eigenvalue weighted by Gasteiger charge is -2.41. The van der Waals surface area contributed by atoms with Crippen molar-refractivity contribution in [2.24, 2.45) is 0 Å². The van der Waals surface area contributed by atoms with Crippen LogP contribution in [0.2, 0.25) is 23.7 Å². The molecular weight excluding hydrogens is 429 g/mol. The number of carboxylic acids is 1. The minimum absolute atomic E-state index is 0.0491. The minimum Gasteiger partial charge on any atom is -0.478 e. The van der Waals surface area contributed by atoms with Crippen LogP contribution in [0.15, 0.2) is 12.2 Å². The first-order valence-electron chi connectivity index (χ1n) is 9.02. The van der Waals surface area contributed by atoms with Crippen LogP contribution in [0.5, 0.6) is 0 Å². The molecule has 3 unspecified atom stereocenters. The second-order valence-electron chi connectivity index (χ2n) is 7.74. The molecule has 0 saturated heterocycles. The molecule has 0 heterocycles. The number of carboxylic acid groups (broad SMARTS) is 1. The van der Waals surface area contributed by atoms with Crippen molar-refractivity contribution in [2.75, 3.05) is 0 Å². The lowest BCUT2D eigenvalue weighted by Crippen LogP contribution is -2.48. The third-order valence-electron chi connectivity index (χ3n) is 4.74. The van der Waals surface area contributed by atoms with Gasteiger partial charge in [0.1, 0.15) is 16.6 Å². The molecule has 0 aromatic heterocycles. The molecule has 0 aliphatic rings. The highest BCUT2D eigenvalue weighted by molar-refractivity contribution is 6.80. The SMILES string of the molecule is CC[Si](C)(O[SiH](CCC(CC(F)(F)F)OC(=O)C=CC(=O)O)O[SiH3])C(C)(C)C. The second-order valence-corrected chi connectivity index (χ2v) is 16.7. The van der Waals surface area contributed by atoms with Gasteiger partial charge >= 0.3 is 18.1 Å². The van der Waals surface area contributed by atoms with Gasteiger partial charge in [-0.2, -0.15) is 13.2 Å². The molecule has 0 aromatic rings. The van der Waals surface area contributed by atoms with Crippen molar-refractivity contribution in [2.45, 2.75) is 76.5 Å². The Morgan fingerprint density at radius 1 is 1.25 bits per heavy atom. The van der Waals surface area contributed by atoms with Gasteiger partial charge in [-0.05, 0) is 30.1 Å². The van der Waals surface area contributed by atoms with Crippen molar-refractivity contribution in [1.29, 1.82) is 0 Å². The highest BCUT2D eigenvalue weighted by Crippen LogP contribution is 2.40. The first kappa shape index (κ1) is 27.0.